The number of hydrogen-bond donors (Lipinski definition) is 3. The van der Waals surface area contributed by atoms with Crippen LogP contribution in [-0.2, 0) is 40.5 Å². The Morgan fingerprint density at radius 2 is 1.33 bits per heavy atom. The summed E-state index contributed by atoms with van der Waals surface area (Å²) in [4.78, 5) is 4.85. The van der Waals surface area contributed by atoms with Gasteiger partial charge in [0.2, 0.25) is 5.95 Å². The van der Waals surface area contributed by atoms with Crippen molar-refractivity contribution in [3.63, 3.8) is 0 Å². The molecule has 5 rings (SSSR count). The van der Waals surface area contributed by atoms with Crippen molar-refractivity contribution in [2.45, 2.75) is 19.6 Å². The van der Waals surface area contributed by atoms with Crippen molar-refractivity contribution in [1.82, 2.24) is 9.97 Å². The standard InChI is InChI=1S/C27H17ClF2N6O14S4.4Na/c28-21-24(29)33-27(30)34-25(21)31-13-3-1-2-11(6-13)26(38)32-17-10-15(52(42,43)44)7-12-8-19(54(48,49)50)22(23(37)20(12)17)36-35-16-9-14(51(39,40)41)4-5-18(16)53(45,46)47;;;;/h1-10,37H,(H,32,38)(H,31,33,34)(H,39,40,41)(H,42,43,44)(H,45,46,47)(H,48,49,50);;;;/q;4*+1/p-4. The van der Waals surface area contributed by atoms with Crippen molar-refractivity contribution in [3.8, 4) is 5.75 Å². The summed E-state index contributed by atoms with van der Waals surface area (Å²) in [5.74, 6) is -4.91. The van der Waals surface area contributed by atoms with Crippen molar-refractivity contribution in [3.05, 3.63) is 83.3 Å². The average molecular weight is 939 g/mol. The summed E-state index contributed by atoms with van der Waals surface area (Å²) in [6.45, 7) is 0. The number of nitrogens with one attached hydrogen (secondary N) is 1. The molecule has 0 atom stereocenters. The fraction of sp³-hybridized carbons (Fsp3) is 0. The van der Waals surface area contributed by atoms with Crippen LogP contribution in [-0.4, -0.2) is 67.7 Å². The van der Waals surface area contributed by atoms with Crippen molar-refractivity contribution < 1.29 is 189 Å². The molecule has 0 aliphatic carbocycles. The molecule has 0 bridgehead atoms. The van der Waals surface area contributed by atoms with E-state index in [9.17, 15) is 70.9 Å². The molecule has 0 spiro atoms. The molecule has 3 N–H and O–H groups in total. The van der Waals surface area contributed by atoms with Crippen LogP contribution in [0.1, 0.15) is 5.56 Å². The summed E-state index contributed by atoms with van der Waals surface area (Å²) in [5, 5.41) is 33.9. The zero-order chi connectivity index (χ0) is 40.1. The Balaban J connectivity index is 0.00000420. The van der Waals surface area contributed by atoms with Gasteiger partial charge >= 0.3 is 124 Å². The quantitative estimate of drug-likeness (QED) is 0.0223. The number of rotatable bonds is 10. The predicted molar refractivity (Wildman–Crippen MR) is 172 cm³/mol. The van der Waals surface area contributed by atoms with Gasteiger partial charge in [0.1, 0.15) is 40.7 Å². The van der Waals surface area contributed by atoms with Gasteiger partial charge in [-0.25, -0.2) is 16.8 Å². The first-order valence-corrected chi connectivity index (χ1v) is 19.7. The van der Waals surface area contributed by atoms with Crippen molar-refractivity contribution in [1.29, 1.82) is 0 Å². The SMILES string of the molecule is O=S(=O)([O-])c1ccc(S(=O)(=O)O)c(N=Nc2c(S(=O)(=O)O)cc3cc(S(=O)(=O)[O-])cc(N=C([O-])c4cccc(Nc5nc(F)nc(F)c5Cl)c4)c3c2[O-])c1.[Na+].[Na+].[Na+].[Na+]. The van der Waals surface area contributed by atoms with E-state index in [0.29, 0.717) is 30.3 Å². The summed E-state index contributed by atoms with van der Waals surface area (Å²) >= 11 is 5.75. The topological polar surface area (TPSA) is 344 Å². The van der Waals surface area contributed by atoms with Gasteiger partial charge in [0.25, 0.3) is 20.2 Å². The summed E-state index contributed by atoms with van der Waals surface area (Å²) in [6, 6.07) is 7.09. The third-order valence-corrected chi connectivity index (χ3v) is 10.5. The van der Waals surface area contributed by atoms with E-state index in [1.807, 2.05) is 0 Å². The molecule has 0 amide bonds. The molecule has 58 heavy (non-hydrogen) atoms. The van der Waals surface area contributed by atoms with Gasteiger partial charge in [-0.05, 0) is 65.4 Å². The first-order valence-electron chi connectivity index (χ1n) is 13.6. The van der Waals surface area contributed by atoms with Crippen LogP contribution in [0.4, 0.5) is 37.3 Å². The molecule has 20 nitrogen and oxygen atoms in total. The second kappa shape index (κ2) is 20.7. The van der Waals surface area contributed by atoms with Crippen LogP contribution in [0.15, 0.2) is 95.5 Å². The van der Waals surface area contributed by atoms with E-state index in [4.69, 9.17) is 11.6 Å². The maximum Gasteiger partial charge on any atom is 1.00 e. The van der Waals surface area contributed by atoms with Gasteiger partial charge in [-0.15, -0.1) is 10.2 Å². The minimum absolute atomic E-state index is 0. The summed E-state index contributed by atoms with van der Waals surface area (Å²) in [6.07, 6.45) is -1.51. The number of fused-ring (bicyclic) bond motifs is 1. The Morgan fingerprint density at radius 1 is 0.741 bits per heavy atom. The minimum Gasteiger partial charge on any atom is -0.870 e. The molecule has 0 saturated heterocycles. The zero-order valence-electron chi connectivity index (χ0n) is 29.6. The largest absolute Gasteiger partial charge is 1.00 e. The number of hydrogen-bond acceptors (Lipinski definition) is 18. The number of anilines is 2. The average Bonchev–Trinajstić information content (AvgIpc) is 3.04. The van der Waals surface area contributed by atoms with E-state index in [1.165, 1.54) is 12.1 Å². The second-order valence-corrected chi connectivity index (χ2v) is 16.3. The molecule has 4 aromatic carbocycles. The number of nitrogens with zero attached hydrogens (tertiary/aromatic N) is 5. The molecular formula is C27H13ClF2N6Na4O14S4. The number of benzene rings is 4. The van der Waals surface area contributed by atoms with Crippen LogP contribution < -0.4 is 134 Å². The van der Waals surface area contributed by atoms with Crippen LogP contribution in [0.25, 0.3) is 10.8 Å². The molecule has 0 radical (unpaired) electrons. The zero-order valence-corrected chi connectivity index (χ0v) is 41.6. The van der Waals surface area contributed by atoms with Gasteiger partial charge in [0.05, 0.1) is 21.2 Å². The fourth-order valence-corrected chi connectivity index (χ4v) is 6.92. The number of aromatic nitrogens is 2. The normalized spacial score (nSPS) is 12.2. The van der Waals surface area contributed by atoms with Gasteiger partial charge in [0, 0.05) is 11.1 Å². The minimum atomic E-state index is -5.55. The second-order valence-electron chi connectivity index (χ2n) is 10.3. The fourth-order valence-electron chi connectivity index (χ4n) is 4.52. The summed E-state index contributed by atoms with van der Waals surface area (Å²) < 4.78 is 166. The molecule has 0 saturated carbocycles. The molecule has 31 heteroatoms. The van der Waals surface area contributed by atoms with Gasteiger partial charge in [-0.3, -0.25) is 14.1 Å². The molecule has 1 heterocycles. The molecule has 0 unspecified atom stereocenters. The van der Waals surface area contributed by atoms with E-state index >= 15 is 0 Å². The molecule has 1 aromatic heterocycles. The van der Waals surface area contributed by atoms with E-state index in [0.717, 1.165) is 12.1 Å². The Morgan fingerprint density at radius 3 is 1.90 bits per heavy atom. The molecule has 0 fully saturated rings. The molecule has 0 aliphatic rings. The van der Waals surface area contributed by atoms with E-state index in [2.05, 4.69) is 30.5 Å². The van der Waals surface area contributed by atoms with Crippen molar-refractivity contribution in [2.75, 3.05) is 5.32 Å². The smallest absolute Gasteiger partial charge is 0.870 e. The number of azo groups is 1. The van der Waals surface area contributed by atoms with Crippen molar-refractivity contribution in [2.24, 2.45) is 15.2 Å². The Bertz CT molecular complexity index is 2950. The van der Waals surface area contributed by atoms with Crippen LogP contribution in [0.2, 0.25) is 5.02 Å². The van der Waals surface area contributed by atoms with E-state index < -0.39 is 122 Å². The number of aliphatic imine (C=N–C) groups is 1. The Labute approximate surface area is 419 Å². The third-order valence-electron chi connectivity index (χ3n) is 6.78. The Hall–Kier alpha value is -1.32. The van der Waals surface area contributed by atoms with Gasteiger partial charge in [-0.1, -0.05) is 29.5 Å². The van der Waals surface area contributed by atoms with Gasteiger partial charge < -0.3 is 24.6 Å². The number of halogens is 3. The Kier molecular flexibility index (Phi) is 19.5. The van der Waals surface area contributed by atoms with E-state index in [1.54, 1.807) is 0 Å². The van der Waals surface area contributed by atoms with Gasteiger partial charge in [-0.2, -0.15) is 35.6 Å². The first-order chi connectivity index (χ1) is 24.8. The molecular weight excluding hydrogens is 926 g/mol. The van der Waals surface area contributed by atoms with Crippen LogP contribution in [0, 0.1) is 12.0 Å². The monoisotopic (exact) mass is 938 g/mol. The maximum absolute atomic E-state index is 13.8. The molecule has 5 aromatic rings. The van der Waals surface area contributed by atoms with Crippen molar-refractivity contribution >= 4 is 97.3 Å². The van der Waals surface area contributed by atoms with Gasteiger partial charge in [0.15, 0.2) is 5.82 Å². The predicted octanol–water partition coefficient (Wildman–Crippen LogP) is -9.45. The molecule has 0 aliphatic heterocycles. The molecule has 284 valence electrons. The summed E-state index contributed by atoms with van der Waals surface area (Å²) in [7, 11) is -21.6. The van der Waals surface area contributed by atoms with E-state index in [-0.39, 0.29) is 136 Å². The summed E-state index contributed by atoms with van der Waals surface area (Å²) in [5.41, 5.74) is -3.91. The van der Waals surface area contributed by atoms with Crippen LogP contribution in [0.3, 0.4) is 0 Å². The van der Waals surface area contributed by atoms with Crippen LogP contribution in [0.5, 0.6) is 5.75 Å². The van der Waals surface area contributed by atoms with Crippen LogP contribution >= 0.6 is 11.6 Å². The third kappa shape index (κ3) is 12.9. The maximum atomic E-state index is 13.8. The first kappa shape index (κ1) is 54.7.